The third-order valence-electron chi connectivity index (χ3n) is 1.47. The van der Waals surface area contributed by atoms with E-state index in [0.29, 0.717) is 12.1 Å². The molecule has 0 unspecified atom stereocenters. The molecule has 4 heteroatoms. The highest BCUT2D eigenvalue weighted by Crippen LogP contribution is 2.07. The molecular formula is C9H9BrINO. The maximum atomic E-state index is 11.4. The maximum absolute atomic E-state index is 11.4. The first-order valence-corrected chi connectivity index (χ1v) is 6.04. The van der Waals surface area contributed by atoms with Crippen molar-refractivity contribution in [2.45, 2.75) is 0 Å². The van der Waals surface area contributed by atoms with Crippen LogP contribution >= 0.6 is 38.5 Å². The highest BCUT2D eigenvalue weighted by molar-refractivity contribution is 14.1. The van der Waals surface area contributed by atoms with Gasteiger partial charge < -0.3 is 5.32 Å². The highest BCUT2D eigenvalue weighted by atomic mass is 127. The molecule has 0 aliphatic heterocycles. The molecule has 1 aromatic rings. The van der Waals surface area contributed by atoms with E-state index in [4.69, 9.17) is 0 Å². The molecule has 70 valence electrons. The van der Waals surface area contributed by atoms with Gasteiger partial charge in [-0.3, -0.25) is 4.79 Å². The van der Waals surface area contributed by atoms with Crippen molar-refractivity contribution in [3.05, 3.63) is 33.4 Å². The van der Waals surface area contributed by atoms with Gasteiger partial charge in [0.1, 0.15) is 0 Å². The first-order valence-electron chi connectivity index (χ1n) is 3.84. The molecule has 13 heavy (non-hydrogen) atoms. The van der Waals surface area contributed by atoms with Crippen LogP contribution in [0.3, 0.4) is 0 Å². The summed E-state index contributed by atoms with van der Waals surface area (Å²) < 4.78 is 1.07. The summed E-state index contributed by atoms with van der Waals surface area (Å²) in [7, 11) is 0. The van der Waals surface area contributed by atoms with Crippen LogP contribution in [0.25, 0.3) is 0 Å². The van der Waals surface area contributed by atoms with E-state index in [0.717, 1.165) is 8.90 Å². The van der Waals surface area contributed by atoms with Crippen LogP contribution < -0.4 is 5.32 Å². The number of hydrogen-bond acceptors (Lipinski definition) is 1. The van der Waals surface area contributed by atoms with E-state index in [-0.39, 0.29) is 5.91 Å². The van der Waals surface area contributed by atoms with Gasteiger partial charge in [-0.05, 0) is 40.8 Å². The molecule has 2 nitrogen and oxygen atoms in total. The fourth-order valence-electron chi connectivity index (χ4n) is 0.893. The average Bonchev–Trinajstić information content (AvgIpc) is 2.14. The molecule has 0 radical (unpaired) electrons. The fraction of sp³-hybridized carbons (Fsp3) is 0.222. The number of rotatable bonds is 3. The van der Waals surface area contributed by atoms with Gasteiger partial charge in [0.2, 0.25) is 0 Å². The molecule has 0 spiro atoms. The molecule has 0 atom stereocenters. The predicted molar refractivity (Wildman–Crippen MR) is 65.3 cm³/mol. The second kappa shape index (κ2) is 5.59. The van der Waals surface area contributed by atoms with E-state index in [1.165, 1.54) is 0 Å². The summed E-state index contributed by atoms with van der Waals surface area (Å²) in [5.74, 6) is -0.0158. The minimum absolute atomic E-state index is 0.0158. The topological polar surface area (TPSA) is 29.1 Å². The summed E-state index contributed by atoms with van der Waals surface area (Å²) in [4.78, 5) is 11.4. The molecule has 0 heterocycles. The number of nitrogens with one attached hydrogen (secondary N) is 1. The van der Waals surface area contributed by atoms with Crippen LogP contribution in [0.15, 0.2) is 24.3 Å². The summed E-state index contributed by atoms with van der Waals surface area (Å²) in [5.41, 5.74) is 0.716. The lowest BCUT2D eigenvalue weighted by molar-refractivity contribution is 0.0956. The van der Waals surface area contributed by atoms with E-state index in [1.54, 1.807) is 0 Å². The number of hydrogen-bond donors (Lipinski definition) is 1. The van der Waals surface area contributed by atoms with Gasteiger partial charge in [0.05, 0.1) is 0 Å². The SMILES string of the molecule is O=C(NCCBr)c1cccc(I)c1. The van der Waals surface area contributed by atoms with Crippen molar-refractivity contribution in [1.29, 1.82) is 0 Å². The molecule has 1 rings (SSSR count). The Kier molecular flexibility index (Phi) is 4.72. The zero-order chi connectivity index (χ0) is 9.68. The van der Waals surface area contributed by atoms with Crippen molar-refractivity contribution < 1.29 is 4.79 Å². The molecule has 0 bridgehead atoms. The summed E-state index contributed by atoms with van der Waals surface area (Å²) in [5, 5.41) is 3.57. The molecule has 0 aliphatic carbocycles. The van der Waals surface area contributed by atoms with Gasteiger partial charge in [0.25, 0.3) is 5.91 Å². The number of benzene rings is 1. The van der Waals surface area contributed by atoms with Gasteiger partial charge in [-0.15, -0.1) is 0 Å². The second-order valence-electron chi connectivity index (χ2n) is 2.46. The fourth-order valence-corrected chi connectivity index (χ4v) is 1.63. The van der Waals surface area contributed by atoms with Crippen molar-refractivity contribution in [3.8, 4) is 0 Å². The highest BCUT2D eigenvalue weighted by Gasteiger charge is 2.03. The number of carbonyl (C=O) groups is 1. The number of alkyl halides is 1. The Morgan fingerprint density at radius 1 is 1.54 bits per heavy atom. The lowest BCUT2D eigenvalue weighted by atomic mass is 10.2. The zero-order valence-electron chi connectivity index (χ0n) is 6.89. The molecule has 0 aliphatic rings. The summed E-state index contributed by atoms with van der Waals surface area (Å²) in [6.07, 6.45) is 0. The smallest absolute Gasteiger partial charge is 0.251 e. The molecule has 1 N–H and O–H groups in total. The van der Waals surface area contributed by atoms with Crippen LogP contribution in [-0.2, 0) is 0 Å². The monoisotopic (exact) mass is 353 g/mol. The van der Waals surface area contributed by atoms with Crippen LogP contribution in [0.1, 0.15) is 10.4 Å². The third-order valence-corrected chi connectivity index (χ3v) is 2.53. The quantitative estimate of drug-likeness (QED) is 0.656. The first kappa shape index (κ1) is 11.0. The maximum Gasteiger partial charge on any atom is 0.251 e. The van der Waals surface area contributed by atoms with Gasteiger partial charge in [0, 0.05) is 21.0 Å². The minimum atomic E-state index is -0.0158. The Bertz CT molecular complexity index is 303. The molecule has 0 saturated heterocycles. The number of halogens is 2. The molecule has 1 amide bonds. The molecule has 1 aromatic carbocycles. The Hall–Kier alpha value is -0.100. The Labute approximate surface area is 99.4 Å². The van der Waals surface area contributed by atoms with Gasteiger partial charge in [-0.25, -0.2) is 0 Å². The van der Waals surface area contributed by atoms with Crippen molar-refractivity contribution in [1.82, 2.24) is 5.32 Å². The van der Waals surface area contributed by atoms with E-state index in [9.17, 15) is 4.79 Å². The summed E-state index contributed by atoms with van der Waals surface area (Å²) >= 11 is 5.44. The van der Waals surface area contributed by atoms with Gasteiger partial charge in [-0.2, -0.15) is 0 Å². The van der Waals surface area contributed by atoms with E-state index < -0.39 is 0 Å². The lowest BCUT2D eigenvalue weighted by Crippen LogP contribution is -2.25. The molecule has 0 fully saturated rings. The molecule has 0 saturated carbocycles. The van der Waals surface area contributed by atoms with Gasteiger partial charge in [0.15, 0.2) is 0 Å². The third kappa shape index (κ3) is 3.64. The largest absolute Gasteiger partial charge is 0.351 e. The van der Waals surface area contributed by atoms with Gasteiger partial charge >= 0.3 is 0 Å². The standard InChI is InChI=1S/C9H9BrINO/c10-4-5-12-9(13)7-2-1-3-8(11)6-7/h1-3,6H,4-5H2,(H,12,13). The molecule has 0 aromatic heterocycles. The Balaban J connectivity index is 2.66. The van der Waals surface area contributed by atoms with E-state index in [2.05, 4.69) is 43.8 Å². The van der Waals surface area contributed by atoms with E-state index in [1.807, 2.05) is 24.3 Å². The minimum Gasteiger partial charge on any atom is -0.351 e. The number of amides is 1. The van der Waals surface area contributed by atoms with Crippen LogP contribution in [0.5, 0.6) is 0 Å². The predicted octanol–water partition coefficient (Wildman–Crippen LogP) is 2.42. The lowest BCUT2D eigenvalue weighted by Gasteiger charge is -2.02. The van der Waals surface area contributed by atoms with Crippen LogP contribution in [0.4, 0.5) is 0 Å². The van der Waals surface area contributed by atoms with Crippen LogP contribution in [0.2, 0.25) is 0 Å². The summed E-state index contributed by atoms with van der Waals surface area (Å²) in [6, 6.07) is 7.52. The van der Waals surface area contributed by atoms with Crippen molar-refractivity contribution in [3.63, 3.8) is 0 Å². The second-order valence-corrected chi connectivity index (χ2v) is 4.49. The first-order chi connectivity index (χ1) is 6.24. The van der Waals surface area contributed by atoms with Gasteiger partial charge in [-0.1, -0.05) is 22.0 Å². The van der Waals surface area contributed by atoms with Crippen LogP contribution in [0, 0.1) is 3.57 Å². The van der Waals surface area contributed by atoms with Crippen molar-refractivity contribution in [2.75, 3.05) is 11.9 Å². The Morgan fingerprint density at radius 3 is 2.92 bits per heavy atom. The number of carbonyl (C=O) groups excluding carboxylic acids is 1. The summed E-state index contributed by atoms with van der Waals surface area (Å²) in [6.45, 7) is 0.657. The van der Waals surface area contributed by atoms with Crippen molar-refractivity contribution in [2.24, 2.45) is 0 Å². The Morgan fingerprint density at radius 2 is 2.31 bits per heavy atom. The van der Waals surface area contributed by atoms with E-state index >= 15 is 0 Å². The average molecular weight is 354 g/mol. The normalized spacial score (nSPS) is 9.69. The van der Waals surface area contributed by atoms with Crippen LogP contribution in [-0.4, -0.2) is 17.8 Å². The zero-order valence-corrected chi connectivity index (χ0v) is 10.6. The molecular weight excluding hydrogens is 345 g/mol. The van der Waals surface area contributed by atoms with Crippen molar-refractivity contribution >= 4 is 44.4 Å².